The number of nitrogens with one attached hydrogen (secondary N) is 1. The Morgan fingerprint density at radius 2 is 1.84 bits per heavy atom. The fourth-order valence-electron chi connectivity index (χ4n) is 4.87. The SMILES string of the molecule is CC(C)Oc1cc2c(cc1NC(=O)c1cnn3cccnc13)CN(C1CCN(CC(=O)O)CC1)C2=O.O=C(O)C(F)(F)F. The van der Waals surface area contributed by atoms with Crippen LogP contribution in [-0.4, -0.2) is 96.3 Å². The van der Waals surface area contributed by atoms with E-state index in [0.29, 0.717) is 60.7 Å². The number of rotatable bonds is 7. The van der Waals surface area contributed by atoms with Crippen LogP contribution in [0.5, 0.6) is 5.75 Å². The molecule has 0 saturated carbocycles. The second kappa shape index (κ2) is 12.6. The first-order valence-corrected chi connectivity index (χ1v) is 13.2. The molecule has 2 amide bonds. The van der Waals surface area contributed by atoms with Crippen LogP contribution in [-0.2, 0) is 16.1 Å². The van der Waals surface area contributed by atoms with Crippen LogP contribution in [0.15, 0.2) is 36.8 Å². The fraction of sp³-hybridized carbons (Fsp3) is 0.407. The van der Waals surface area contributed by atoms with Crippen LogP contribution in [0.4, 0.5) is 18.9 Å². The van der Waals surface area contributed by atoms with E-state index in [9.17, 15) is 27.6 Å². The lowest BCUT2D eigenvalue weighted by Gasteiger charge is -2.36. The number of aliphatic carboxylic acids is 2. The molecule has 0 spiro atoms. The third-order valence-electron chi connectivity index (χ3n) is 6.77. The summed E-state index contributed by atoms with van der Waals surface area (Å²) < 4.78 is 39.2. The van der Waals surface area contributed by atoms with Crippen molar-refractivity contribution in [3.05, 3.63) is 53.5 Å². The maximum Gasteiger partial charge on any atom is 0.490 e. The summed E-state index contributed by atoms with van der Waals surface area (Å²) in [5.74, 6) is -3.62. The van der Waals surface area contributed by atoms with E-state index < -0.39 is 18.1 Å². The number of amides is 2. The molecule has 0 atom stereocenters. The van der Waals surface area contributed by atoms with Crippen LogP contribution in [0.3, 0.4) is 0 Å². The van der Waals surface area contributed by atoms with E-state index in [1.54, 1.807) is 24.5 Å². The van der Waals surface area contributed by atoms with Crippen LogP contribution in [0, 0.1) is 0 Å². The summed E-state index contributed by atoms with van der Waals surface area (Å²) in [7, 11) is 0. The zero-order valence-electron chi connectivity index (χ0n) is 23.2. The average molecular weight is 607 g/mol. The van der Waals surface area contributed by atoms with Gasteiger partial charge in [0.2, 0.25) is 0 Å². The molecule has 0 radical (unpaired) electrons. The first-order chi connectivity index (χ1) is 20.2. The largest absolute Gasteiger partial charge is 0.490 e. The third kappa shape index (κ3) is 7.38. The van der Waals surface area contributed by atoms with E-state index in [4.69, 9.17) is 19.7 Å². The summed E-state index contributed by atoms with van der Waals surface area (Å²) in [6.45, 7) is 5.48. The predicted molar refractivity (Wildman–Crippen MR) is 144 cm³/mol. The Kier molecular flexibility index (Phi) is 9.18. The number of fused-ring (bicyclic) bond motifs is 2. The van der Waals surface area contributed by atoms with E-state index >= 15 is 0 Å². The fourth-order valence-corrected chi connectivity index (χ4v) is 4.87. The number of carbonyl (C=O) groups is 4. The van der Waals surface area contributed by atoms with Crippen molar-refractivity contribution in [2.75, 3.05) is 25.0 Å². The zero-order chi connectivity index (χ0) is 31.5. The van der Waals surface area contributed by atoms with Gasteiger partial charge >= 0.3 is 18.1 Å². The number of nitrogens with zero attached hydrogens (tertiary/aromatic N) is 5. The molecule has 3 N–H and O–H groups in total. The first-order valence-electron chi connectivity index (χ1n) is 13.2. The van der Waals surface area contributed by atoms with E-state index in [2.05, 4.69) is 15.4 Å². The molecular formula is C27H29F3N6O7. The molecule has 0 unspecified atom stereocenters. The monoisotopic (exact) mass is 606 g/mol. The molecule has 230 valence electrons. The minimum absolute atomic E-state index is 0.0159. The first kappa shape index (κ1) is 31.2. The zero-order valence-corrected chi connectivity index (χ0v) is 23.2. The normalized spacial score (nSPS) is 15.7. The number of anilines is 1. The number of hydrogen-bond donors (Lipinski definition) is 3. The molecule has 2 aliphatic heterocycles. The lowest BCUT2D eigenvalue weighted by Crippen LogP contribution is -2.46. The highest BCUT2D eigenvalue weighted by atomic mass is 19.4. The Labute approximate surface area is 242 Å². The summed E-state index contributed by atoms with van der Waals surface area (Å²) in [6.07, 6.45) is 0.970. The number of carboxylic acids is 2. The number of alkyl halides is 3. The van der Waals surface area contributed by atoms with Gasteiger partial charge < -0.3 is 25.2 Å². The summed E-state index contributed by atoms with van der Waals surface area (Å²) in [4.78, 5) is 54.3. The van der Waals surface area contributed by atoms with Gasteiger partial charge in [0.1, 0.15) is 11.3 Å². The standard InChI is InChI=1S/C25H28N6O5.C2HF3O2/c1-15(2)36-21-11-18-16(13-30(25(18)35)17-4-8-29(9-5-17)14-22(32)33)10-20(21)28-24(34)19-12-27-31-7-3-6-26-23(19)31;3-2(4,5)1(6)7/h3,6-7,10-12,15,17H,4-5,8-9,13-14H2,1-2H3,(H,28,34)(H,32,33);(H,6,7). The number of benzene rings is 1. The van der Waals surface area contributed by atoms with Crippen molar-refractivity contribution in [1.82, 2.24) is 24.4 Å². The van der Waals surface area contributed by atoms with Crippen molar-refractivity contribution < 1.29 is 47.3 Å². The van der Waals surface area contributed by atoms with E-state index in [-0.39, 0.29) is 30.5 Å². The highest BCUT2D eigenvalue weighted by molar-refractivity contribution is 6.09. The Balaban J connectivity index is 0.000000541. The molecule has 16 heteroatoms. The quantitative estimate of drug-likeness (QED) is 0.364. The van der Waals surface area contributed by atoms with E-state index in [1.165, 1.54) is 10.7 Å². The van der Waals surface area contributed by atoms with Crippen LogP contribution >= 0.6 is 0 Å². The topological polar surface area (TPSA) is 167 Å². The van der Waals surface area contributed by atoms with E-state index in [1.807, 2.05) is 29.7 Å². The van der Waals surface area contributed by atoms with Crippen molar-refractivity contribution in [3.63, 3.8) is 0 Å². The van der Waals surface area contributed by atoms with Gasteiger partial charge in [0, 0.05) is 43.6 Å². The summed E-state index contributed by atoms with van der Waals surface area (Å²) >= 11 is 0. The molecule has 43 heavy (non-hydrogen) atoms. The lowest BCUT2D eigenvalue weighted by molar-refractivity contribution is -0.192. The van der Waals surface area contributed by atoms with Gasteiger partial charge in [-0.2, -0.15) is 18.3 Å². The number of likely N-dealkylation sites (tertiary alicyclic amines) is 1. The number of hydrogen-bond acceptors (Lipinski definition) is 8. The lowest BCUT2D eigenvalue weighted by atomic mass is 10.0. The molecule has 1 aromatic carbocycles. The van der Waals surface area contributed by atoms with Crippen molar-refractivity contribution in [2.45, 2.75) is 51.6 Å². The molecule has 0 bridgehead atoms. The molecule has 5 rings (SSSR count). The summed E-state index contributed by atoms with van der Waals surface area (Å²) in [6, 6.07) is 5.28. The van der Waals surface area contributed by atoms with Crippen LogP contribution in [0.1, 0.15) is 53.0 Å². The van der Waals surface area contributed by atoms with Gasteiger partial charge in [-0.25, -0.2) is 14.3 Å². The summed E-state index contributed by atoms with van der Waals surface area (Å²) in [5.41, 5.74) is 2.63. The molecule has 2 aromatic heterocycles. The molecular weight excluding hydrogens is 577 g/mol. The Morgan fingerprint density at radius 1 is 1.16 bits per heavy atom. The molecule has 1 fully saturated rings. The molecule has 2 aliphatic rings. The second-order valence-electron chi connectivity index (χ2n) is 10.2. The van der Waals surface area contributed by atoms with Crippen molar-refractivity contribution in [3.8, 4) is 5.75 Å². The number of ether oxygens (including phenoxy) is 1. The van der Waals surface area contributed by atoms with Crippen molar-refractivity contribution >= 4 is 35.1 Å². The number of carboxylic acid groups (broad SMARTS) is 2. The molecule has 4 heterocycles. The molecule has 1 saturated heterocycles. The van der Waals surface area contributed by atoms with Crippen LogP contribution in [0.25, 0.3) is 5.65 Å². The Hall–Kier alpha value is -4.73. The minimum Gasteiger partial charge on any atom is -0.489 e. The van der Waals surface area contributed by atoms with Gasteiger partial charge in [-0.3, -0.25) is 19.3 Å². The van der Waals surface area contributed by atoms with Gasteiger partial charge in [-0.1, -0.05) is 0 Å². The molecule has 3 aromatic rings. The number of halogens is 3. The summed E-state index contributed by atoms with van der Waals surface area (Å²) in [5, 5.41) is 23.3. The Morgan fingerprint density at radius 3 is 2.44 bits per heavy atom. The van der Waals surface area contributed by atoms with Crippen molar-refractivity contribution in [1.29, 1.82) is 0 Å². The smallest absolute Gasteiger partial charge is 0.489 e. The van der Waals surface area contributed by atoms with Gasteiger partial charge in [-0.15, -0.1) is 0 Å². The minimum atomic E-state index is -5.08. The molecule has 13 nitrogen and oxygen atoms in total. The van der Waals surface area contributed by atoms with Gasteiger partial charge in [0.05, 0.1) is 24.5 Å². The second-order valence-corrected chi connectivity index (χ2v) is 10.2. The highest BCUT2D eigenvalue weighted by Gasteiger charge is 2.38. The van der Waals surface area contributed by atoms with E-state index in [0.717, 1.165) is 5.56 Å². The van der Waals surface area contributed by atoms with Gasteiger partial charge in [-0.05, 0) is 50.5 Å². The van der Waals surface area contributed by atoms with Gasteiger partial charge in [0.25, 0.3) is 11.8 Å². The van der Waals surface area contributed by atoms with Crippen LogP contribution < -0.4 is 10.1 Å². The highest BCUT2D eigenvalue weighted by Crippen LogP contribution is 2.36. The molecule has 0 aliphatic carbocycles. The average Bonchev–Trinajstić information content (AvgIpc) is 3.50. The maximum absolute atomic E-state index is 13.3. The number of aromatic nitrogens is 3. The third-order valence-corrected chi connectivity index (χ3v) is 6.77. The van der Waals surface area contributed by atoms with Gasteiger partial charge in [0.15, 0.2) is 5.65 Å². The number of carbonyl (C=O) groups excluding carboxylic acids is 2. The number of piperidine rings is 1. The maximum atomic E-state index is 13.3. The predicted octanol–water partition coefficient (Wildman–Crippen LogP) is 2.91. The Bertz CT molecular complexity index is 1530. The van der Waals surface area contributed by atoms with Crippen LogP contribution in [0.2, 0.25) is 0 Å². The van der Waals surface area contributed by atoms with Crippen molar-refractivity contribution in [2.24, 2.45) is 0 Å².